The van der Waals surface area contributed by atoms with Gasteiger partial charge in [-0.2, -0.15) is 4.98 Å². The molecule has 76 valence electrons. The molecule has 0 spiro atoms. The molecule has 0 aliphatic rings. The van der Waals surface area contributed by atoms with E-state index >= 15 is 0 Å². The van der Waals surface area contributed by atoms with E-state index < -0.39 is 5.82 Å². The number of aromatic nitrogens is 2. The Labute approximate surface area is 86.3 Å². The third kappa shape index (κ3) is 2.95. The van der Waals surface area contributed by atoms with Crippen LogP contribution < -0.4 is 0 Å². The van der Waals surface area contributed by atoms with Gasteiger partial charge in [-0.25, -0.2) is 14.4 Å². The summed E-state index contributed by atoms with van der Waals surface area (Å²) in [4.78, 5) is 13.3. The highest BCUT2D eigenvalue weighted by Crippen LogP contribution is 2.16. The molecule has 0 N–H and O–H groups in total. The lowest BCUT2D eigenvalue weighted by Gasteiger charge is -2.02. The molecular formula is C8H11FN4S. The van der Waals surface area contributed by atoms with Crippen molar-refractivity contribution in [3.63, 3.8) is 0 Å². The molecule has 1 aromatic rings. The second kappa shape index (κ2) is 4.90. The van der Waals surface area contributed by atoms with Gasteiger partial charge in [-0.05, 0) is 6.26 Å². The van der Waals surface area contributed by atoms with Crippen LogP contribution >= 0.6 is 11.8 Å². The van der Waals surface area contributed by atoms with E-state index in [9.17, 15) is 4.39 Å². The van der Waals surface area contributed by atoms with Gasteiger partial charge >= 0.3 is 0 Å². The van der Waals surface area contributed by atoms with Gasteiger partial charge in [0.25, 0.3) is 0 Å². The van der Waals surface area contributed by atoms with Crippen molar-refractivity contribution >= 4 is 23.9 Å². The van der Waals surface area contributed by atoms with Crippen LogP contribution in [0, 0.1) is 5.82 Å². The van der Waals surface area contributed by atoms with Gasteiger partial charge in [0.15, 0.2) is 16.8 Å². The highest BCUT2D eigenvalue weighted by Gasteiger charge is 2.03. The SMILES string of the molecule is CSc1ncc(F)c(/N=C/N(C)C)n1. The van der Waals surface area contributed by atoms with Crippen LogP contribution in [0.2, 0.25) is 0 Å². The number of hydrogen-bond acceptors (Lipinski definition) is 4. The fourth-order valence-corrected chi connectivity index (χ4v) is 1.04. The lowest BCUT2D eigenvalue weighted by molar-refractivity contribution is 0.605. The minimum Gasteiger partial charge on any atom is -0.369 e. The molecule has 1 aromatic heterocycles. The van der Waals surface area contributed by atoms with Gasteiger partial charge in [-0.1, -0.05) is 11.8 Å². The van der Waals surface area contributed by atoms with E-state index in [1.54, 1.807) is 19.0 Å². The number of thioether (sulfide) groups is 1. The van der Waals surface area contributed by atoms with E-state index in [2.05, 4.69) is 15.0 Å². The van der Waals surface area contributed by atoms with Crippen LogP contribution in [0.1, 0.15) is 0 Å². The van der Waals surface area contributed by atoms with Crippen molar-refractivity contribution in [1.82, 2.24) is 14.9 Å². The van der Waals surface area contributed by atoms with Gasteiger partial charge < -0.3 is 4.90 Å². The molecule has 1 heterocycles. The molecule has 0 unspecified atom stereocenters. The normalized spacial score (nSPS) is 10.9. The predicted octanol–water partition coefficient (Wildman–Crippen LogP) is 1.56. The van der Waals surface area contributed by atoms with Gasteiger partial charge in [0.05, 0.1) is 12.5 Å². The molecule has 0 aromatic carbocycles. The van der Waals surface area contributed by atoms with Crippen LogP contribution in [0.15, 0.2) is 16.3 Å². The molecule has 0 saturated carbocycles. The summed E-state index contributed by atoms with van der Waals surface area (Å²) in [7, 11) is 3.61. The molecule has 0 aliphatic carbocycles. The lowest BCUT2D eigenvalue weighted by atomic mass is 10.6. The summed E-state index contributed by atoms with van der Waals surface area (Å²) in [6, 6.07) is 0. The number of rotatable bonds is 3. The monoisotopic (exact) mass is 214 g/mol. The molecule has 0 amide bonds. The third-order valence-electron chi connectivity index (χ3n) is 1.30. The molecule has 1 rings (SSSR count). The molecule has 0 radical (unpaired) electrons. The smallest absolute Gasteiger partial charge is 0.194 e. The third-order valence-corrected chi connectivity index (χ3v) is 1.86. The topological polar surface area (TPSA) is 41.4 Å². The Morgan fingerprint density at radius 3 is 2.86 bits per heavy atom. The summed E-state index contributed by atoms with van der Waals surface area (Å²) in [6.07, 6.45) is 4.45. The zero-order valence-corrected chi connectivity index (χ0v) is 9.05. The molecular weight excluding hydrogens is 203 g/mol. The van der Waals surface area contributed by atoms with Gasteiger partial charge in [-0.3, -0.25) is 0 Å². The molecule has 14 heavy (non-hydrogen) atoms. The zero-order chi connectivity index (χ0) is 10.6. The van der Waals surface area contributed by atoms with Crippen molar-refractivity contribution in [2.75, 3.05) is 20.4 Å². The Kier molecular flexibility index (Phi) is 3.82. The second-order valence-electron chi connectivity index (χ2n) is 2.74. The van der Waals surface area contributed by atoms with E-state index in [0.29, 0.717) is 5.16 Å². The Morgan fingerprint density at radius 1 is 1.57 bits per heavy atom. The predicted molar refractivity (Wildman–Crippen MR) is 55.6 cm³/mol. The molecule has 0 aliphatic heterocycles. The van der Waals surface area contributed by atoms with Crippen LogP contribution in [0.4, 0.5) is 10.2 Å². The van der Waals surface area contributed by atoms with Crippen LogP contribution in [-0.2, 0) is 0 Å². The molecule has 0 atom stereocenters. The Hall–Kier alpha value is -1.17. The number of hydrogen-bond donors (Lipinski definition) is 0. The molecule has 6 heteroatoms. The van der Waals surface area contributed by atoms with Crippen LogP contribution in [0.3, 0.4) is 0 Å². The average Bonchev–Trinajstić information content (AvgIpc) is 2.16. The molecule has 0 fully saturated rings. The fourth-order valence-electron chi connectivity index (χ4n) is 0.702. The first-order valence-corrected chi connectivity index (χ1v) is 5.13. The second-order valence-corrected chi connectivity index (χ2v) is 3.51. The van der Waals surface area contributed by atoms with E-state index in [1.807, 2.05) is 6.26 Å². The zero-order valence-electron chi connectivity index (χ0n) is 8.23. The Morgan fingerprint density at radius 2 is 2.29 bits per heavy atom. The van der Waals surface area contributed by atoms with Gasteiger partial charge in [0, 0.05) is 14.1 Å². The van der Waals surface area contributed by atoms with Crippen molar-refractivity contribution in [3.8, 4) is 0 Å². The molecule has 0 saturated heterocycles. The number of aliphatic imine (C=N–C) groups is 1. The summed E-state index contributed by atoms with van der Waals surface area (Å²) < 4.78 is 13.1. The van der Waals surface area contributed by atoms with E-state index in [1.165, 1.54) is 18.1 Å². The number of nitrogens with zero attached hydrogens (tertiary/aromatic N) is 4. The highest BCUT2D eigenvalue weighted by atomic mass is 32.2. The molecule has 0 bridgehead atoms. The number of halogens is 1. The van der Waals surface area contributed by atoms with Crippen LogP contribution in [0.5, 0.6) is 0 Å². The van der Waals surface area contributed by atoms with Crippen molar-refractivity contribution in [2.24, 2.45) is 4.99 Å². The first-order valence-electron chi connectivity index (χ1n) is 3.90. The highest BCUT2D eigenvalue weighted by molar-refractivity contribution is 7.98. The standard InChI is InChI=1S/C8H11FN4S/c1-13(2)5-11-7-6(9)4-10-8(12-7)14-3/h4-5H,1-3H3/b11-5+. The van der Waals surface area contributed by atoms with E-state index in [0.717, 1.165) is 6.20 Å². The Bertz CT molecular complexity index is 340. The summed E-state index contributed by atoms with van der Waals surface area (Å²) in [5.74, 6) is -0.445. The van der Waals surface area contributed by atoms with Gasteiger partial charge in [0.2, 0.25) is 0 Å². The minimum atomic E-state index is -0.513. The lowest BCUT2D eigenvalue weighted by Crippen LogP contribution is -2.07. The van der Waals surface area contributed by atoms with Crippen molar-refractivity contribution in [1.29, 1.82) is 0 Å². The van der Waals surface area contributed by atoms with Crippen LogP contribution in [0.25, 0.3) is 0 Å². The molecule has 4 nitrogen and oxygen atoms in total. The first kappa shape index (κ1) is 10.9. The van der Waals surface area contributed by atoms with Gasteiger partial charge in [0.1, 0.15) is 0 Å². The van der Waals surface area contributed by atoms with Crippen molar-refractivity contribution < 1.29 is 4.39 Å². The van der Waals surface area contributed by atoms with Crippen molar-refractivity contribution in [2.45, 2.75) is 5.16 Å². The quantitative estimate of drug-likeness (QED) is 0.331. The fraction of sp³-hybridized carbons (Fsp3) is 0.375. The van der Waals surface area contributed by atoms with E-state index in [4.69, 9.17) is 0 Å². The summed E-state index contributed by atoms with van der Waals surface area (Å²) in [5, 5.41) is 0.511. The van der Waals surface area contributed by atoms with Crippen molar-refractivity contribution in [3.05, 3.63) is 12.0 Å². The average molecular weight is 214 g/mol. The summed E-state index contributed by atoms with van der Waals surface area (Å²) in [6.45, 7) is 0. The summed E-state index contributed by atoms with van der Waals surface area (Å²) in [5.41, 5.74) is 0. The maximum Gasteiger partial charge on any atom is 0.194 e. The van der Waals surface area contributed by atoms with Crippen LogP contribution in [-0.4, -0.2) is 41.6 Å². The summed E-state index contributed by atoms with van der Waals surface area (Å²) >= 11 is 1.35. The van der Waals surface area contributed by atoms with E-state index in [-0.39, 0.29) is 5.82 Å². The van der Waals surface area contributed by atoms with Gasteiger partial charge in [-0.15, -0.1) is 0 Å². The maximum atomic E-state index is 13.1. The Balaban J connectivity index is 2.94. The minimum absolute atomic E-state index is 0.0676. The maximum absolute atomic E-state index is 13.1. The largest absolute Gasteiger partial charge is 0.369 e. The first-order chi connectivity index (χ1) is 6.63.